The largest absolute Gasteiger partial charge is 0.591 e. The van der Waals surface area contributed by atoms with Crippen LogP contribution in [0.15, 0.2) is 10.6 Å². The van der Waals surface area contributed by atoms with Crippen LogP contribution in [0.25, 0.3) is 0 Å². The van der Waals surface area contributed by atoms with E-state index < -0.39 is 27.8 Å². The molecule has 1 amide bonds. The quantitative estimate of drug-likeness (QED) is 0.639. The molecule has 0 saturated heterocycles. The van der Waals surface area contributed by atoms with Crippen LogP contribution in [-0.4, -0.2) is 38.2 Å². The van der Waals surface area contributed by atoms with Crippen LogP contribution >= 0.6 is 22.9 Å². The first-order valence-electron chi connectivity index (χ1n) is 6.96. The molecule has 0 aliphatic rings. The molecule has 1 unspecified atom stereocenters. The molecule has 0 aliphatic carbocycles. The number of nitrogens with zero attached hydrogens (tertiary/aromatic N) is 2. The summed E-state index contributed by atoms with van der Waals surface area (Å²) >= 11 is 5.59. The molecule has 0 fully saturated rings. The molecular formula is C14H22ClN3O3S2. The van der Waals surface area contributed by atoms with Crippen LogP contribution in [-0.2, 0) is 16.1 Å². The summed E-state index contributed by atoms with van der Waals surface area (Å²) in [5.74, 6) is 0. The number of amides is 1. The van der Waals surface area contributed by atoms with E-state index in [1.54, 1.807) is 27.0 Å². The zero-order valence-corrected chi connectivity index (χ0v) is 16.5. The fraction of sp³-hybridized carbons (Fsp3) is 0.643. The second-order valence-corrected chi connectivity index (χ2v) is 10.3. The van der Waals surface area contributed by atoms with Crippen molar-refractivity contribution in [1.82, 2.24) is 10.3 Å². The molecule has 6 nitrogen and oxygen atoms in total. The minimum absolute atomic E-state index is 0.0786. The van der Waals surface area contributed by atoms with E-state index in [2.05, 4.69) is 14.7 Å². The molecule has 130 valence electrons. The van der Waals surface area contributed by atoms with Gasteiger partial charge in [0.25, 0.3) is 0 Å². The molecule has 0 radical (unpaired) electrons. The summed E-state index contributed by atoms with van der Waals surface area (Å²) in [6.45, 7) is 10.9. The molecule has 9 heteroatoms. The molecule has 23 heavy (non-hydrogen) atoms. The Hall–Kier alpha value is -0.830. The second kappa shape index (κ2) is 7.83. The van der Waals surface area contributed by atoms with Gasteiger partial charge in [0.15, 0.2) is 4.47 Å². The molecular weight excluding hydrogens is 358 g/mol. The lowest BCUT2D eigenvalue weighted by atomic mass is 10.2. The first-order valence-corrected chi connectivity index (χ1v) is 9.27. The van der Waals surface area contributed by atoms with E-state index in [-0.39, 0.29) is 6.54 Å². The molecule has 0 bridgehead atoms. The third-order valence-corrected chi connectivity index (χ3v) is 4.88. The van der Waals surface area contributed by atoms with Gasteiger partial charge in [-0.3, -0.25) is 0 Å². The van der Waals surface area contributed by atoms with E-state index in [4.69, 9.17) is 16.3 Å². The van der Waals surface area contributed by atoms with Gasteiger partial charge in [-0.2, -0.15) is 0 Å². The van der Waals surface area contributed by atoms with E-state index in [0.717, 1.165) is 0 Å². The maximum Gasteiger partial charge on any atom is 0.407 e. The number of alkyl carbamates (subject to hydrolysis) is 1. The van der Waals surface area contributed by atoms with Gasteiger partial charge >= 0.3 is 6.09 Å². The Bertz CT molecular complexity index is 577. The number of hydrogen-bond acceptors (Lipinski definition) is 6. The van der Waals surface area contributed by atoms with Crippen molar-refractivity contribution in [3.63, 3.8) is 0 Å². The van der Waals surface area contributed by atoms with Gasteiger partial charge in [0.05, 0.1) is 11.4 Å². The summed E-state index contributed by atoms with van der Waals surface area (Å²) in [5, 5.41) is 2.61. The van der Waals surface area contributed by atoms with E-state index in [0.29, 0.717) is 15.1 Å². The fourth-order valence-electron chi connectivity index (χ4n) is 1.26. The topological polar surface area (TPSA) is 86.6 Å². The van der Waals surface area contributed by atoms with Gasteiger partial charge in [0.1, 0.15) is 27.4 Å². The number of carbonyl (C=O) groups is 1. The van der Waals surface area contributed by atoms with Crippen molar-refractivity contribution < 1.29 is 14.1 Å². The van der Waals surface area contributed by atoms with Crippen LogP contribution in [0, 0.1) is 0 Å². The summed E-state index contributed by atoms with van der Waals surface area (Å²) in [6.07, 6.45) is 0.977. The molecule has 0 saturated carbocycles. The van der Waals surface area contributed by atoms with Gasteiger partial charge in [0, 0.05) is 6.20 Å². The van der Waals surface area contributed by atoms with Gasteiger partial charge in [-0.05, 0) is 41.5 Å². The van der Waals surface area contributed by atoms with Gasteiger partial charge in [0.2, 0.25) is 0 Å². The molecule has 0 spiro atoms. The summed E-state index contributed by atoms with van der Waals surface area (Å²) in [6, 6.07) is 0. The fourth-order valence-corrected chi connectivity index (χ4v) is 2.88. The number of nitrogens with one attached hydrogen (secondary N) is 1. The Morgan fingerprint density at radius 3 is 2.48 bits per heavy atom. The average molecular weight is 380 g/mol. The predicted octanol–water partition coefficient (Wildman–Crippen LogP) is 3.57. The lowest BCUT2D eigenvalue weighted by molar-refractivity contribution is 0.0536. The number of ether oxygens (including phenoxy) is 1. The highest BCUT2D eigenvalue weighted by Gasteiger charge is 2.28. The SMILES string of the molecule is CC(C)(C)OC(=O)NC/C(=N/[S+]([O-])C(C)(C)C)c1cnc(Cl)s1. The Morgan fingerprint density at radius 1 is 1.43 bits per heavy atom. The lowest BCUT2D eigenvalue weighted by Crippen LogP contribution is -2.36. The van der Waals surface area contributed by atoms with E-state index in [9.17, 15) is 9.35 Å². The number of thiazole rings is 1. The van der Waals surface area contributed by atoms with Crippen LogP contribution in [0.5, 0.6) is 0 Å². The Kier molecular flexibility index (Phi) is 6.88. The van der Waals surface area contributed by atoms with Crippen LogP contribution in [0.3, 0.4) is 0 Å². The molecule has 1 heterocycles. The van der Waals surface area contributed by atoms with Crippen molar-refractivity contribution in [3.05, 3.63) is 15.5 Å². The molecule has 0 aromatic carbocycles. The lowest BCUT2D eigenvalue weighted by Gasteiger charge is -2.21. The maximum absolute atomic E-state index is 12.3. The first-order chi connectivity index (χ1) is 10.4. The van der Waals surface area contributed by atoms with Crippen molar-refractivity contribution in [3.8, 4) is 0 Å². The monoisotopic (exact) mass is 379 g/mol. The number of hydrogen-bond donors (Lipinski definition) is 1. The minimum atomic E-state index is -1.46. The first kappa shape index (κ1) is 20.2. The molecule has 1 N–H and O–H groups in total. The highest BCUT2D eigenvalue weighted by Crippen LogP contribution is 2.22. The van der Waals surface area contributed by atoms with E-state index in [1.807, 2.05) is 20.8 Å². The zero-order chi connectivity index (χ0) is 17.8. The zero-order valence-electron chi connectivity index (χ0n) is 14.1. The summed E-state index contributed by atoms with van der Waals surface area (Å²) in [7, 11) is 0. The number of halogens is 1. The average Bonchev–Trinajstić information content (AvgIpc) is 2.77. The van der Waals surface area contributed by atoms with Crippen molar-refractivity contribution in [2.24, 2.45) is 4.40 Å². The van der Waals surface area contributed by atoms with E-state index in [1.165, 1.54) is 11.3 Å². The Labute approximate surface area is 149 Å². The predicted molar refractivity (Wildman–Crippen MR) is 95.8 cm³/mol. The van der Waals surface area contributed by atoms with Crippen molar-refractivity contribution >= 4 is 46.1 Å². The highest BCUT2D eigenvalue weighted by atomic mass is 35.5. The minimum Gasteiger partial charge on any atom is -0.591 e. The summed E-state index contributed by atoms with van der Waals surface area (Å²) in [5.41, 5.74) is -0.142. The maximum atomic E-state index is 12.3. The molecule has 1 rings (SSSR count). The standard InChI is InChI=1S/C14H22ClN3O3S2/c1-13(2,3)21-12(19)17-7-9(10-8-16-11(15)22-10)18-23(20)14(4,5)6/h8H,7H2,1-6H3,(H,17,19)/b18-9-. The van der Waals surface area contributed by atoms with Gasteiger partial charge < -0.3 is 14.6 Å². The highest BCUT2D eigenvalue weighted by molar-refractivity contribution is 7.91. The Balaban J connectivity index is 2.89. The smallest absolute Gasteiger partial charge is 0.407 e. The van der Waals surface area contributed by atoms with Gasteiger partial charge in [-0.1, -0.05) is 16.0 Å². The van der Waals surface area contributed by atoms with Crippen LogP contribution in [0.4, 0.5) is 4.79 Å². The van der Waals surface area contributed by atoms with Crippen LogP contribution in [0.2, 0.25) is 4.47 Å². The van der Waals surface area contributed by atoms with Crippen LogP contribution < -0.4 is 5.32 Å². The molecule has 1 atom stereocenters. The van der Waals surface area contributed by atoms with Crippen molar-refractivity contribution in [2.45, 2.75) is 51.9 Å². The number of aromatic nitrogens is 1. The summed E-state index contributed by atoms with van der Waals surface area (Å²) in [4.78, 5) is 16.4. The molecule has 1 aromatic heterocycles. The second-order valence-electron chi connectivity index (χ2n) is 6.73. The van der Waals surface area contributed by atoms with Gasteiger partial charge in [-0.25, -0.2) is 9.78 Å². The third kappa shape index (κ3) is 7.52. The van der Waals surface area contributed by atoms with Crippen molar-refractivity contribution in [2.75, 3.05) is 6.54 Å². The Morgan fingerprint density at radius 2 is 2.04 bits per heavy atom. The number of carbonyl (C=O) groups excluding carboxylic acids is 1. The van der Waals surface area contributed by atoms with Crippen LogP contribution in [0.1, 0.15) is 46.4 Å². The molecule has 0 aliphatic heterocycles. The molecule has 1 aromatic rings. The summed E-state index contributed by atoms with van der Waals surface area (Å²) < 4.78 is 21.5. The third-order valence-electron chi connectivity index (χ3n) is 2.28. The number of rotatable bonds is 4. The normalized spacial score (nSPS) is 14.5. The van der Waals surface area contributed by atoms with E-state index >= 15 is 0 Å². The van der Waals surface area contributed by atoms with Gasteiger partial charge in [-0.15, -0.1) is 11.3 Å². The van der Waals surface area contributed by atoms with Crippen molar-refractivity contribution in [1.29, 1.82) is 0 Å².